The molecule has 0 aliphatic rings. The molecule has 0 fully saturated rings. The highest BCUT2D eigenvalue weighted by molar-refractivity contribution is 5.62. The van der Waals surface area contributed by atoms with E-state index in [2.05, 4.69) is 5.32 Å². The van der Waals surface area contributed by atoms with Crippen LogP contribution in [-0.2, 0) is 0 Å². The van der Waals surface area contributed by atoms with E-state index in [0.717, 1.165) is 6.07 Å². The zero-order chi connectivity index (χ0) is 14.7. The van der Waals surface area contributed by atoms with E-state index in [4.69, 9.17) is 0 Å². The summed E-state index contributed by atoms with van der Waals surface area (Å²) in [5, 5.41) is 13.6. The van der Waals surface area contributed by atoms with Gasteiger partial charge in [0.15, 0.2) is 0 Å². The van der Waals surface area contributed by atoms with Gasteiger partial charge < -0.3 is 5.32 Å². The van der Waals surface area contributed by atoms with Gasteiger partial charge in [0, 0.05) is 5.56 Å². The summed E-state index contributed by atoms with van der Waals surface area (Å²) in [6, 6.07) is 9.31. The van der Waals surface area contributed by atoms with E-state index in [0.29, 0.717) is 5.56 Å². The Kier molecular flexibility index (Phi) is 3.93. The molecule has 6 heteroatoms. The van der Waals surface area contributed by atoms with Crippen LogP contribution in [0.1, 0.15) is 18.5 Å². The summed E-state index contributed by atoms with van der Waals surface area (Å²) in [5.41, 5.74) is -0.271. The fourth-order valence-electron chi connectivity index (χ4n) is 1.95. The van der Waals surface area contributed by atoms with E-state index in [1.165, 1.54) is 18.2 Å². The van der Waals surface area contributed by atoms with Crippen LogP contribution in [0.4, 0.5) is 20.2 Å². The quantitative estimate of drug-likeness (QED) is 0.678. The number of nitro groups is 1. The molecular formula is C14H12F2N2O2. The lowest BCUT2D eigenvalue weighted by atomic mass is 10.1. The van der Waals surface area contributed by atoms with Gasteiger partial charge in [-0.3, -0.25) is 10.1 Å². The predicted molar refractivity (Wildman–Crippen MR) is 71.5 cm³/mol. The topological polar surface area (TPSA) is 55.2 Å². The first-order chi connectivity index (χ1) is 9.50. The lowest BCUT2D eigenvalue weighted by molar-refractivity contribution is -0.386. The van der Waals surface area contributed by atoms with Crippen molar-refractivity contribution in [1.82, 2.24) is 0 Å². The SMILES string of the molecule is CC(Nc1cccc(F)c1[N+](=O)[O-])c1ccccc1F. The monoisotopic (exact) mass is 278 g/mol. The van der Waals surface area contributed by atoms with Crippen LogP contribution in [0.5, 0.6) is 0 Å². The molecule has 0 radical (unpaired) electrons. The Bertz CT molecular complexity index is 647. The first-order valence-electron chi connectivity index (χ1n) is 5.94. The van der Waals surface area contributed by atoms with Crippen molar-refractivity contribution >= 4 is 11.4 Å². The van der Waals surface area contributed by atoms with Crippen molar-refractivity contribution in [3.8, 4) is 0 Å². The molecular weight excluding hydrogens is 266 g/mol. The third-order valence-corrected chi connectivity index (χ3v) is 2.91. The van der Waals surface area contributed by atoms with Gasteiger partial charge in [0.2, 0.25) is 5.82 Å². The van der Waals surface area contributed by atoms with E-state index in [-0.39, 0.29) is 5.69 Å². The van der Waals surface area contributed by atoms with Crippen LogP contribution >= 0.6 is 0 Å². The van der Waals surface area contributed by atoms with Gasteiger partial charge in [0.05, 0.1) is 11.0 Å². The molecule has 2 aromatic carbocycles. The molecule has 0 bridgehead atoms. The number of benzene rings is 2. The molecule has 2 rings (SSSR count). The molecule has 0 heterocycles. The zero-order valence-corrected chi connectivity index (χ0v) is 10.6. The van der Waals surface area contributed by atoms with Gasteiger partial charge in [-0.1, -0.05) is 24.3 Å². The number of hydrogen-bond donors (Lipinski definition) is 1. The van der Waals surface area contributed by atoms with Crippen LogP contribution < -0.4 is 5.32 Å². The molecule has 2 aromatic rings. The number of nitrogens with zero attached hydrogens (tertiary/aromatic N) is 1. The number of halogens is 2. The molecule has 1 N–H and O–H groups in total. The first-order valence-corrected chi connectivity index (χ1v) is 5.94. The van der Waals surface area contributed by atoms with Crippen LogP contribution in [0.3, 0.4) is 0 Å². The average Bonchev–Trinajstić information content (AvgIpc) is 2.38. The van der Waals surface area contributed by atoms with Gasteiger partial charge in [-0.25, -0.2) is 4.39 Å². The largest absolute Gasteiger partial charge is 0.373 e. The van der Waals surface area contributed by atoms with Crippen LogP contribution in [0, 0.1) is 21.7 Å². The number of para-hydroxylation sites is 1. The van der Waals surface area contributed by atoms with Crippen LogP contribution in [-0.4, -0.2) is 4.92 Å². The summed E-state index contributed by atoms with van der Waals surface area (Å²) in [6.07, 6.45) is 0. The molecule has 0 aliphatic carbocycles. The second-order valence-corrected chi connectivity index (χ2v) is 4.28. The standard InChI is InChI=1S/C14H12F2N2O2/c1-9(10-5-2-3-6-11(10)15)17-13-8-4-7-12(16)14(13)18(19)20/h2-9,17H,1H3. The molecule has 1 unspecified atom stereocenters. The molecule has 104 valence electrons. The van der Waals surface area contributed by atoms with Gasteiger partial charge >= 0.3 is 5.69 Å². The third kappa shape index (κ3) is 2.74. The first kappa shape index (κ1) is 13.9. The molecule has 0 aliphatic heterocycles. The lowest BCUT2D eigenvalue weighted by Crippen LogP contribution is -2.10. The maximum atomic E-state index is 13.6. The van der Waals surface area contributed by atoms with E-state index < -0.39 is 28.3 Å². The number of hydrogen-bond acceptors (Lipinski definition) is 3. The normalized spacial score (nSPS) is 11.9. The van der Waals surface area contributed by atoms with Gasteiger partial charge in [0.1, 0.15) is 11.5 Å². The molecule has 0 spiro atoms. The van der Waals surface area contributed by atoms with Crippen molar-refractivity contribution in [3.63, 3.8) is 0 Å². The molecule has 1 atom stereocenters. The van der Waals surface area contributed by atoms with E-state index in [1.54, 1.807) is 25.1 Å². The predicted octanol–water partition coefficient (Wildman–Crippen LogP) is 4.05. The summed E-state index contributed by atoms with van der Waals surface area (Å²) in [5.74, 6) is -1.35. The van der Waals surface area contributed by atoms with Crippen LogP contribution in [0.25, 0.3) is 0 Å². The zero-order valence-electron chi connectivity index (χ0n) is 10.6. The fraction of sp³-hybridized carbons (Fsp3) is 0.143. The number of rotatable bonds is 4. The minimum Gasteiger partial charge on any atom is -0.373 e. The van der Waals surface area contributed by atoms with Crippen molar-refractivity contribution in [2.24, 2.45) is 0 Å². The number of nitro benzene ring substituents is 1. The summed E-state index contributed by atoms with van der Waals surface area (Å²) in [6.45, 7) is 1.65. The molecule has 0 amide bonds. The third-order valence-electron chi connectivity index (χ3n) is 2.91. The highest BCUT2D eigenvalue weighted by Gasteiger charge is 2.21. The van der Waals surface area contributed by atoms with E-state index >= 15 is 0 Å². The molecule has 0 saturated heterocycles. The lowest BCUT2D eigenvalue weighted by Gasteiger charge is -2.16. The Balaban J connectivity index is 2.33. The van der Waals surface area contributed by atoms with E-state index in [9.17, 15) is 18.9 Å². The second-order valence-electron chi connectivity index (χ2n) is 4.28. The number of anilines is 1. The number of nitrogens with one attached hydrogen (secondary N) is 1. The Hall–Kier alpha value is -2.50. The Labute approximate surface area is 114 Å². The molecule has 0 saturated carbocycles. The van der Waals surface area contributed by atoms with Crippen LogP contribution in [0.15, 0.2) is 42.5 Å². The molecule has 0 aromatic heterocycles. The van der Waals surface area contributed by atoms with Gasteiger partial charge in [0.25, 0.3) is 0 Å². The summed E-state index contributed by atoms with van der Waals surface area (Å²) < 4.78 is 27.1. The average molecular weight is 278 g/mol. The second kappa shape index (κ2) is 5.64. The summed E-state index contributed by atoms with van der Waals surface area (Å²) >= 11 is 0. The van der Waals surface area contributed by atoms with E-state index in [1.807, 2.05) is 0 Å². The smallest absolute Gasteiger partial charge is 0.327 e. The summed E-state index contributed by atoms with van der Waals surface area (Å²) in [7, 11) is 0. The fourth-order valence-corrected chi connectivity index (χ4v) is 1.95. The van der Waals surface area contributed by atoms with Crippen LogP contribution in [0.2, 0.25) is 0 Å². The Morgan fingerprint density at radius 2 is 1.75 bits per heavy atom. The maximum Gasteiger partial charge on any atom is 0.327 e. The van der Waals surface area contributed by atoms with Crippen molar-refractivity contribution in [2.75, 3.05) is 5.32 Å². The van der Waals surface area contributed by atoms with Crippen molar-refractivity contribution in [2.45, 2.75) is 13.0 Å². The maximum absolute atomic E-state index is 13.6. The molecule has 4 nitrogen and oxygen atoms in total. The van der Waals surface area contributed by atoms with Gasteiger partial charge in [-0.15, -0.1) is 0 Å². The van der Waals surface area contributed by atoms with Gasteiger partial charge in [-0.05, 0) is 25.1 Å². The Morgan fingerprint density at radius 1 is 1.10 bits per heavy atom. The van der Waals surface area contributed by atoms with Crippen molar-refractivity contribution < 1.29 is 13.7 Å². The Morgan fingerprint density at radius 3 is 2.40 bits per heavy atom. The van der Waals surface area contributed by atoms with Crippen molar-refractivity contribution in [3.05, 3.63) is 69.8 Å². The summed E-state index contributed by atoms with van der Waals surface area (Å²) in [4.78, 5) is 10.1. The molecule has 20 heavy (non-hydrogen) atoms. The highest BCUT2D eigenvalue weighted by Crippen LogP contribution is 2.30. The highest BCUT2D eigenvalue weighted by atomic mass is 19.1. The minimum absolute atomic E-state index is 0.0192. The van der Waals surface area contributed by atoms with Gasteiger partial charge in [-0.2, -0.15) is 4.39 Å². The minimum atomic E-state index is -0.930. The van der Waals surface area contributed by atoms with Crippen molar-refractivity contribution in [1.29, 1.82) is 0 Å².